The summed E-state index contributed by atoms with van der Waals surface area (Å²) in [5.41, 5.74) is 2.54. The Balaban J connectivity index is 1.13. The zero-order valence-electron chi connectivity index (χ0n) is 16.6. The number of hydrogen-bond acceptors (Lipinski definition) is 4. The van der Waals surface area contributed by atoms with Crippen molar-refractivity contribution in [2.75, 3.05) is 32.8 Å². The molecular formula is C24H31N3O. The van der Waals surface area contributed by atoms with Gasteiger partial charge in [0.25, 0.3) is 0 Å². The third-order valence-corrected chi connectivity index (χ3v) is 7.05. The number of hydrogen-bond donors (Lipinski definition) is 0. The Labute approximate surface area is 168 Å². The molecular weight excluding hydrogens is 346 g/mol. The molecule has 1 aliphatic carbocycles. The fraction of sp³-hybridized carbons (Fsp3) is 0.542. The van der Waals surface area contributed by atoms with E-state index in [0.717, 1.165) is 44.1 Å². The molecule has 4 atom stereocenters. The third kappa shape index (κ3) is 4.00. The minimum Gasteiger partial charge on any atom is -0.373 e. The van der Waals surface area contributed by atoms with Crippen LogP contribution in [0.15, 0.2) is 54.7 Å². The first-order valence-electron chi connectivity index (χ1n) is 10.9. The number of ether oxygens (including phenoxy) is 1. The molecule has 1 aromatic carbocycles. The Bertz CT molecular complexity index is 745. The minimum absolute atomic E-state index is 0.302. The van der Waals surface area contributed by atoms with Crippen molar-refractivity contribution in [2.24, 2.45) is 11.8 Å². The van der Waals surface area contributed by atoms with Crippen LogP contribution in [0.2, 0.25) is 0 Å². The zero-order chi connectivity index (χ0) is 18.8. The molecule has 1 aromatic heterocycles. The van der Waals surface area contributed by atoms with E-state index in [1.54, 1.807) is 0 Å². The average molecular weight is 378 g/mol. The van der Waals surface area contributed by atoms with E-state index in [1.165, 1.54) is 43.6 Å². The molecule has 2 saturated heterocycles. The van der Waals surface area contributed by atoms with E-state index in [2.05, 4.69) is 57.2 Å². The summed E-state index contributed by atoms with van der Waals surface area (Å²) in [6, 6.07) is 17.8. The number of nitrogens with zero attached hydrogens (tertiary/aromatic N) is 3. The van der Waals surface area contributed by atoms with Gasteiger partial charge in [-0.2, -0.15) is 0 Å². The Morgan fingerprint density at radius 2 is 1.64 bits per heavy atom. The van der Waals surface area contributed by atoms with E-state index < -0.39 is 0 Å². The summed E-state index contributed by atoms with van der Waals surface area (Å²) in [4.78, 5) is 9.79. The molecule has 0 spiro atoms. The van der Waals surface area contributed by atoms with Gasteiger partial charge in [0.1, 0.15) is 0 Å². The highest BCUT2D eigenvalue weighted by atomic mass is 16.5. The van der Waals surface area contributed by atoms with Crippen LogP contribution in [-0.4, -0.2) is 53.6 Å². The molecule has 2 aromatic rings. The minimum atomic E-state index is 0.302. The maximum absolute atomic E-state index is 6.26. The van der Waals surface area contributed by atoms with Crippen molar-refractivity contribution in [3.8, 4) is 0 Å². The van der Waals surface area contributed by atoms with Gasteiger partial charge in [0, 0.05) is 45.0 Å². The summed E-state index contributed by atoms with van der Waals surface area (Å²) in [7, 11) is 0. The number of fused-ring (bicyclic) bond motifs is 1. The van der Waals surface area contributed by atoms with Gasteiger partial charge in [0.15, 0.2) is 0 Å². The molecule has 4 heteroatoms. The van der Waals surface area contributed by atoms with Crippen molar-refractivity contribution >= 4 is 0 Å². The van der Waals surface area contributed by atoms with Crippen molar-refractivity contribution in [3.63, 3.8) is 0 Å². The molecule has 0 amide bonds. The normalized spacial score (nSPS) is 31.6. The predicted octanol–water partition coefficient (Wildman–Crippen LogP) is 3.76. The maximum Gasteiger partial charge on any atom is 0.0827 e. The Morgan fingerprint density at radius 3 is 2.43 bits per heavy atom. The van der Waals surface area contributed by atoms with Gasteiger partial charge < -0.3 is 4.74 Å². The maximum atomic E-state index is 6.26. The highest BCUT2D eigenvalue weighted by Crippen LogP contribution is 2.45. The molecule has 1 saturated carbocycles. The van der Waals surface area contributed by atoms with Crippen molar-refractivity contribution in [3.05, 3.63) is 66.0 Å². The number of pyridine rings is 1. The summed E-state index contributed by atoms with van der Waals surface area (Å²) >= 11 is 0. The van der Waals surface area contributed by atoms with E-state index in [0.29, 0.717) is 6.10 Å². The highest BCUT2D eigenvalue weighted by molar-refractivity contribution is 5.18. The fourth-order valence-corrected chi connectivity index (χ4v) is 5.46. The molecule has 3 heterocycles. The van der Waals surface area contributed by atoms with E-state index in [-0.39, 0.29) is 0 Å². The number of piperazine rings is 1. The lowest BCUT2D eigenvalue weighted by Gasteiger charge is -2.38. The van der Waals surface area contributed by atoms with Gasteiger partial charge in [-0.25, -0.2) is 0 Å². The first-order valence-corrected chi connectivity index (χ1v) is 10.9. The fourth-order valence-electron chi connectivity index (χ4n) is 5.46. The van der Waals surface area contributed by atoms with Crippen LogP contribution in [0.3, 0.4) is 0 Å². The van der Waals surface area contributed by atoms with E-state index in [4.69, 9.17) is 4.74 Å². The molecule has 4 nitrogen and oxygen atoms in total. The molecule has 3 fully saturated rings. The average Bonchev–Trinajstić information content (AvgIpc) is 3.19. The van der Waals surface area contributed by atoms with Crippen LogP contribution in [0.4, 0.5) is 0 Å². The Kier molecular flexibility index (Phi) is 5.43. The molecule has 148 valence electrons. The number of benzene rings is 1. The lowest BCUT2D eigenvalue weighted by atomic mass is 9.86. The van der Waals surface area contributed by atoms with Crippen molar-refractivity contribution in [1.29, 1.82) is 0 Å². The second-order valence-electron chi connectivity index (χ2n) is 8.75. The SMILES string of the molecule is c1ccc([C@@H]2C[C@@H]3C[C@H](N4CCN(Cc5ccccn5)CC4)C[C@@H]3CO2)cc1. The molecule has 0 radical (unpaired) electrons. The second-order valence-corrected chi connectivity index (χ2v) is 8.75. The molecule has 3 aliphatic rings. The van der Waals surface area contributed by atoms with Crippen LogP contribution in [0.5, 0.6) is 0 Å². The third-order valence-electron chi connectivity index (χ3n) is 7.05. The first-order chi connectivity index (χ1) is 13.8. The van der Waals surface area contributed by atoms with Gasteiger partial charge in [0.05, 0.1) is 18.4 Å². The van der Waals surface area contributed by atoms with E-state index >= 15 is 0 Å². The lowest BCUT2D eigenvalue weighted by Crippen LogP contribution is -2.49. The van der Waals surface area contributed by atoms with Crippen LogP contribution in [0.25, 0.3) is 0 Å². The molecule has 0 unspecified atom stereocenters. The van der Waals surface area contributed by atoms with Gasteiger partial charge >= 0.3 is 0 Å². The van der Waals surface area contributed by atoms with Crippen LogP contribution in [0.1, 0.15) is 36.6 Å². The summed E-state index contributed by atoms with van der Waals surface area (Å²) in [5, 5.41) is 0. The molecule has 0 bridgehead atoms. The summed E-state index contributed by atoms with van der Waals surface area (Å²) in [6.45, 7) is 6.63. The van der Waals surface area contributed by atoms with E-state index in [1.807, 2.05) is 12.3 Å². The second kappa shape index (κ2) is 8.32. The van der Waals surface area contributed by atoms with Crippen LogP contribution in [-0.2, 0) is 11.3 Å². The lowest BCUT2D eigenvalue weighted by molar-refractivity contribution is -0.0384. The Morgan fingerprint density at radius 1 is 0.857 bits per heavy atom. The standard InChI is InChI=1S/C24H31N3O/c1-2-6-19(7-3-1)24-16-20-14-23(15-21(20)18-28-24)27-12-10-26(11-13-27)17-22-8-4-5-9-25-22/h1-9,20-21,23-24H,10-18H2/t20-,21+,23-,24-/m0/s1. The summed E-state index contributed by atoms with van der Waals surface area (Å²) in [6.07, 6.45) is 6.09. The topological polar surface area (TPSA) is 28.6 Å². The van der Waals surface area contributed by atoms with Gasteiger partial charge in [0.2, 0.25) is 0 Å². The van der Waals surface area contributed by atoms with Crippen LogP contribution >= 0.6 is 0 Å². The number of aromatic nitrogens is 1. The molecule has 2 aliphatic heterocycles. The zero-order valence-corrected chi connectivity index (χ0v) is 16.6. The number of rotatable bonds is 4. The van der Waals surface area contributed by atoms with Crippen molar-refractivity contribution in [2.45, 2.75) is 38.0 Å². The summed E-state index contributed by atoms with van der Waals surface area (Å²) in [5.74, 6) is 1.59. The smallest absolute Gasteiger partial charge is 0.0827 e. The predicted molar refractivity (Wildman–Crippen MR) is 111 cm³/mol. The van der Waals surface area contributed by atoms with Gasteiger partial charge in [-0.05, 0) is 48.8 Å². The van der Waals surface area contributed by atoms with E-state index in [9.17, 15) is 0 Å². The quantitative estimate of drug-likeness (QED) is 0.811. The van der Waals surface area contributed by atoms with Gasteiger partial charge in [-0.3, -0.25) is 14.8 Å². The first kappa shape index (κ1) is 18.3. The highest BCUT2D eigenvalue weighted by Gasteiger charge is 2.42. The molecule has 28 heavy (non-hydrogen) atoms. The van der Waals surface area contributed by atoms with Crippen molar-refractivity contribution < 1.29 is 4.74 Å². The van der Waals surface area contributed by atoms with Gasteiger partial charge in [-0.15, -0.1) is 0 Å². The largest absolute Gasteiger partial charge is 0.373 e. The van der Waals surface area contributed by atoms with Crippen molar-refractivity contribution in [1.82, 2.24) is 14.8 Å². The summed E-state index contributed by atoms with van der Waals surface area (Å²) < 4.78 is 6.26. The molecule has 5 rings (SSSR count). The Hall–Kier alpha value is -1.75. The van der Waals surface area contributed by atoms with Crippen LogP contribution < -0.4 is 0 Å². The van der Waals surface area contributed by atoms with Crippen LogP contribution in [0, 0.1) is 11.8 Å². The molecule has 0 N–H and O–H groups in total. The van der Waals surface area contributed by atoms with Gasteiger partial charge in [-0.1, -0.05) is 36.4 Å². The monoisotopic (exact) mass is 377 g/mol.